The van der Waals surface area contributed by atoms with Gasteiger partial charge in [-0.05, 0) is 18.2 Å². The number of hydrogen-bond donors (Lipinski definition) is 2. The molecule has 1 aliphatic rings. The van der Waals surface area contributed by atoms with Gasteiger partial charge in [0.1, 0.15) is 5.15 Å². The second-order valence-electron chi connectivity index (χ2n) is 5.37. The minimum Gasteiger partial charge on any atom is -0.383 e. The smallest absolute Gasteiger partial charge is 0.227 e. The SMILES string of the molecule is NC(CNc1ccccc1)c1cc(Cl)nc(N2CCOCC2)n1. The van der Waals surface area contributed by atoms with Gasteiger partial charge in [-0.1, -0.05) is 29.8 Å². The zero-order valence-electron chi connectivity index (χ0n) is 12.8. The van der Waals surface area contributed by atoms with E-state index >= 15 is 0 Å². The Labute approximate surface area is 140 Å². The third-order valence-corrected chi connectivity index (χ3v) is 3.87. The van der Waals surface area contributed by atoms with Crippen LogP contribution in [0, 0.1) is 0 Å². The number of halogens is 1. The highest BCUT2D eigenvalue weighted by Gasteiger charge is 2.17. The molecule has 0 saturated carbocycles. The Kier molecular flexibility index (Phi) is 5.27. The summed E-state index contributed by atoms with van der Waals surface area (Å²) in [6, 6.07) is 11.4. The topological polar surface area (TPSA) is 76.3 Å². The fraction of sp³-hybridized carbons (Fsp3) is 0.375. The minimum atomic E-state index is -0.268. The van der Waals surface area contributed by atoms with E-state index in [1.165, 1.54) is 0 Å². The van der Waals surface area contributed by atoms with E-state index in [-0.39, 0.29) is 6.04 Å². The lowest BCUT2D eigenvalue weighted by atomic mass is 10.2. The maximum Gasteiger partial charge on any atom is 0.227 e. The van der Waals surface area contributed by atoms with Crippen LogP contribution >= 0.6 is 11.6 Å². The Balaban J connectivity index is 1.69. The first-order chi connectivity index (χ1) is 11.2. The van der Waals surface area contributed by atoms with Crippen molar-refractivity contribution in [2.75, 3.05) is 43.1 Å². The number of aromatic nitrogens is 2. The summed E-state index contributed by atoms with van der Waals surface area (Å²) in [5.41, 5.74) is 8.01. The monoisotopic (exact) mass is 333 g/mol. The van der Waals surface area contributed by atoms with Crippen molar-refractivity contribution in [1.82, 2.24) is 9.97 Å². The van der Waals surface area contributed by atoms with Crippen LogP contribution in [0.15, 0.2) is 36.4 Å². The van der Waals surface area contributed by atoms with Crippen molar-refractivity contribution < 1.29 is 4.74 Å². The molecule has 2 aromatic rings. The zero-order valence-corrected chi connectivity index (χ0v) is 13.5. The predicted octanol–water partition coefficient (Wildman–Crippen LogP) is 2.08. The molecule has 122 valence electrons. The summed E-state index contributed by atoms with van der Waals surface area (Å²) >= 11 is 6.15. The zero-order chi connectivity index (χ0) is 16.1. The van der Waals surface area contributed by atoms with Gasteiger partial charge in [-0.3, -0.25) is 0 Å². The van der Waals surface area contributed by atoms with E-state index in [1.54, 1.807) is 6.07 Å². The summed E-state index contributed by atoms with van der Waals surface area (Å²) in [5.74, 6) is 0.617. The summed E-state index contributed by atoms with van der Waals surface area (Å²) in [6.45, 7) is 3.44. The molecule has 1 atom stereocenters. The van der Waals surface area contributed by atoms with E-state index in [0.717, 1.165) is 24.5 Å². The molecule has 23 heavy (non-hydrogen) atoms. The van der Waals surface area contributed by atoms with Gasteiger partial charge in [0.05, 0.1) is 24.9 Å². The quantitative estimate of drug-likeness (QED) is 0.816. The molecular formula is C16H20ClN5O. The molecule has 0 bridgehead atoms. The Morgan fingerprint density at radius 3 is 2.70 bits per heavy atom. The van der Waals surface area contributed by atoms with E-state index in [2.05, 4.69) is 20.2 Å². The number of nitrogens with zero attached hydrogens (tertiary/aromatic N) is 3. The minimum absolute atomic E-state index is 0.268. The highest BCUT2D eigenvalue weighted by molar-refractivity contribution is 6.29. The molecule has 2 heterocycles. The van der Waals surface area contributed by atoms with Crippen LogP contribution in [0.2, 0.25) is 5.15 Å². The molecule has 0 amide bonds. The Morgan fingerprint density at radius 2 is 1.96 bits per heavy atom. The fourth-order valence-electron chi connectivity index (χ4n) is 2.41. The first-order valence-corrected chi connectivity index (χ1v) is 8.02. The van der Waals surface area contributed by atoms with Crippen molar-refractivity contribution in [2.45, 2.75) is 6.04 Å². The van der Waals surface area contributed by atoms with Crippen molar-refractivity contribution in [3.05, 3.63) is 47.2 Å². The average molecular weight is 334 g/mol. The van der Waals surface area contributed by atoms with Crippen LogP contribution in [0.1, 0.15) is 11.7 Å². The largest absolute Gasteiger partial charge is 0.383 e. The maximum atomic E-state index is 6.26. The van der Waals surface area contributed by atoms with E-state index in [1.807, 2.05) is 30.3 Å². The first-order valence-electron chi connectivity index (χ1n) is 7.64. The fourth-order valence-corrected chi connectivity index (χ4v) is 2.59. The number of para-hydroxylation sites is 1. The molecule has 0 radical (unpaired) electrons. The molecule has 1 fully saturated rings. The van der Waals surface area contributed by atoms with Crippen molar-refractivity contribution in [3.8, 4) is 0 Å². The number of morpholine rings is 1. The Hall–Kier alpha value is -1.89. The highest BCUT2D eigenvalue weighted by atomic mass is 35.5. The van der Waals surface area contributed by atoms with Gasteiger partial charge in [0, 0.05) is 25.3 Å². The third kappa shape index (κ3) is 4.31. The lowest BCUT2D eigenvalue weighted by molar-refractivity contribution is 0.122. The van der Waals surface area contributed by atoms with Crippen molar-refractivity contribution in [1.29, 1.82) is 0 Å². The molecule has 1 unspecified atom stereocenters. The van der Waals surface area contributed by atoms with E-state index in [4.69, 9.17) is 22.1 Å². The molecule has 0 spiro atoms. The van der Waals surface area contributed by atoms with Gasteiger partial charge >= 0.3 is 0 Å². The molecule has 6 nitrogen and oxygen atoms in total. The number of anilines is 2. The van der Waals surface area contributed by atoms with Gasteiger partial charge in [0.2, 0.25) is 5.95 Å². The molecule has 1 aromatic carbocycles. The number of ether oxygens (including phenoxy) is 1. The molecule has 0 aliphatic carbocycles. The average Bonchev–Trinajstić information content (AvgIpc) is 2.61. The summed E-state index contributed by atoms with van der Waals surface area (Å²) in [4.78, 5) is 11.0. The van der Waals surface area contributed by atoms with Gasteiger partial charge in [0.25, 0.3) is 0 Å². The summed E-state index contributed by atoms with van der Waals surface area (Å²) < 4.78 is 5.35. The van der Waals surface area contributed by atoms with Crippen LogP contribution in [0.3, 0.4) is 0 Å². The van der Waals surface area contributed by atoms with Gasteiger partial charge < -0.3 is 20.7 Å². The molecule has 1 aromatic heterocycles. The van der Waals surface area contributed by atoms with Gasteiger partial charge in [0.15, 0.2) is 0 Å². The second-order valence-corrected chi connectivity index (χ2v) is 5.76. The summed E-state index contributed by atoms with van der Waals surface area (Å²) in [6.07, 6.45) is 0. The van der Waals surface area contributed by atoms with Crippen LogP contribution in [0.25, 0.3) is 0 Å². The third-order valence-electron chi connectivity index (χ3n) is 3.68. The molecule has 1 aliphatic heterocycles. The van der Waals surface area contributed by atoms with Crippen molar-refractivity contribution >= 4 is 23.2 Å². The summed E-state index contributed by atoms with van der Waals surface area (Å²) in [7, 11) is 0. The van der Waals surface area contributed by atoms with Gasteiger partial charge in [-0.15, -0.1) is 0 Å². The van der Waals surface area contributed by atoms with Crippen LogP contribution in [0.4, 0.5) is 11.6 Å². The lowest BCUT2D eigenvalue weighted by Crippen LogP contribution is -2.37. The lowest BCUT2D eigenvalue weighted by Gasteiger charge is -2.27. The standard InChI is InChI=1S/C16H20ClN5O/c17-15-10-14(13(18)11-19-12-4-2-1-3-5-12)20-16(21-15)22-6-8-23-9-7-22/h1-5,10,13,19H,6-9,11,18H2. The molecule has 3 rings (SSSR count). The number of hydrogen-bond acceptors (Lipinski definition) is 6. The molecular weight excluding hydrogens is 314 g/mol. The van der Waals surface area contributed by atoms with E-state index in [0.29, 0.717) is 30.9 Å². The van der Waals surface area contributed by atoms with Gasteiger partial charge in [-0.2, -0.15) is 0 Å². The van der Waals surface area contributed by atoms with Crippen LogP contribution in [-0.2, 0) is 4.74 Å². The highest BCUT2D eigenvalue weighted by Crippen LogP contribution is 2.19. The van der Waals surface area contributed by atoms with Gasteiger partial charge in [-0.25, -0.2) is 9.97 Å². The van der Waals surface area contributed by atoms with Crippen LogP contribution in [-0.4, -0.2) is 42.8 Å². The normalized spacial score (nSPS) is 16.2. The molecule has 7 heteroatoms. The Morgan fingerprint density at radius 1 is 1.22 bits per heavy atom. The molecule has 3 N–H and O–H groups in total. The molecule has 1 saturated heterocycles. The number of nitrogens with two attached hydrogens (primary N) is 1. The number of rotatable bonds is 5. The van der Waals surface area contributed by atoms with E-state index in [9.17, 15) is 0 Å². The van der Waals surface area contributed by atoms with Crippen LogP contribution in [0.5, 0.6) is 0 Å². The first kappa shape index (κ1) is 16.0. The Bertz CT molecular complexity index is 634. The second kappa shape index (κ2) is 7.59. The van der Waals surface area contributed by atoms with Crippen molar-refractivity contribution in [2.24, 2.45) is 5.73 Å². The maximum absolute atomic E-state index is 6.26. The number of benzene rings is 1. The summed E-state index contributed by atoms with van der Waals surface area (Å²) in [5, 5.41) is 3.71. The van der Waals surface area contributed by atoms with Crippen LogP contribution < -0.4 is 16.0 Å². The predicted molar refractivity (Wildman–Crippen MR) is 91.9 cm³/mol. The number of nitrogens with one attached hydrogen (secondary N) is 1. The van der Waals surface area contributed by atoms with E-state index < -0.39 is 0 Å². The van der Waals surface area contributed by atoms with Crippen molar-refractivity contribution in [3.63, 3.8) is 0 Å².